The van der Waals surface area contributed by atoms with Crippen molar-refractivity contribution in [3.63, 3.8) is 0 Å². The Balaban J connectivity index is 2.19. The highest BCUT2D eigenvalue weighted by Gasteiger charge is 2.20. The minimum absolute atomic E-state index is 0.127. The summed E-state index contributed by atoms with van der Waals surface area (Å²) >= 11 is 0. The number of amides is 1. The van der Waals surface area contributed by atoms with Crippen LogP contribution < -0.4 is 16.6 Å². The highest BCUT2D eigenvalue weighted by atomic mass is 19.1. The van der Waals surface area contributed by atoms with Gasteiger partial charge >= 0.3 is 0 Å². The van der Waals surface area contributed by atoms with Gasteiger partial charge < -0.3 is 15.7 Å². The van der Waals surface area contributed by atoms with Gasteiger partial charge in [-0.15, -0.1) is 0 Å². The second-order valence-corrected chi connectivity index (χ2v) is 4.07. The molecule has 1 atom stereocenters. The van der Waals surface area contributed by atoms with Gasteiger partial charge in [-0.1, -0.05) is 6.92 Å². The Labute approximate surface area is 114 Å². The standard InChI is InChI=1S/C12H15FN6O/c1-2-8(10-16-5-6-17-10)18-12(20)7-3-4-15-11(19-14)9(7)13/h3-6,8H,2,14H2,1H3,(H,15,19)(H,16,17)(H,18,20). The number of H-pyrrole nitrogens is 1. The fourth-order valence-electron chi connectivity index (χ4n) is 1.79. The summed E-state index contributed by atoms with van der Waals surface area (Å²) in [5, 5.41) is 2.71. The number of hydrazine groups is 1. The van der Waals surface area contributed by atoms with Crippen LogP contribution >= 0.6 is 0 Å². The van der Waals surface area contributed by atoms with Gasteiger partial charge in [0.15, 0.2) is 11.6 Å². The van der Waals surface area contributed by atoms with Gasteiger partial charge in [-0.05, 0) is 12.5 Å². The van der Waals surface area contributed by atoms with E-state index in [2.05, 4.69) is 25.7 Å². The second-order valence-electron chi connectivity index (χ2n) is 4.07. The van der Waals surface area contributed by atoms with Crippen molar-refractivity contribution < 1.29 is 9.18 Å². The molecule has 0 radical (unpaired) electrons. The van der Waals surface area contributed by atoms with Crippen LogP contribution in [0.15, 0.2) is 24.7 Å². The molecule has 106 valence electrons. The Morgan fingerprint density at radius 3 is 2.90 bits per heavy atom. The number of rotatable bonds is 5. The molecule has 0 aliphatic carbocycles. The predicted molar refractivity (Wildman–Crippen MR) is 71.1 cm³/mol. The van der Waals surface area contributed by atoms with E-state index < -0.39 is 11.7 Å². The molecule has 2 heterocycles. The van der Waals surface area contributed by atoms with Crippen LogP contribution in [0.3, 0.4) is 0 Å². The molecule has 0 aliphatic rings. The number of aromatic amines is 1. The summed E-state index contributed by atoms with van der Waals surface area (Å²) in [5.74, 6) is 4.22. The molecule has 0 saturated carbocycles. The van der Waals surface area contributed by atoms with Gasteiger partial charge in [-0.2, -0.15) is 0 Å². The van der Waals surface area contributed by atoms with Crippen LogP contribution in [-0.4, -0.2) is 20.9 Å². The highest BCUT2D eigenvalue weighted by molar-refractivity contribution is 5.95. The van der Waals surface area contributed by atoms with Gasteiger partial charge in [-0.25, -0.2) is 20.2 Å². The van der Waals surface area contributed by atoms with E-state index in [1.807, 2.05) is 6.92 Å². The lowest BCUT2D eigenvalue weighted by atomic mass is 10.1. The number of carbonyl (C=O) groups is 1. The molecule has 0 saturated heterocycles. The van der Waals surface area contributed by atoms with Crippen molar-refractivity contribution in [2.24, 2.45) is 5.84 Å². The monoisotopic (exact) mass is 278 g/mol. The molecule has 0 aromatic carbocycles. The number of nitrogens with two attached hydrogens (primary N) is 1. The first-order valence-electron chi connectivity index (χ1n) is 6.08. The number of pyridine rings is 1. The number of halogens is 1. The van der Waals surface area contributed by atoms with Gasteiger partial charge in [0.1, 0.15) is 5.82 Å². The Kier molecular flexibility index (Phi) is 4.26. The first-order valence-corrected chi connectivity index (χ1v) is 6.08. The molecule has 1 amide bonds. The molecule has 20 heavy (non-hydrogen) atoms. The maximum Gasteiger partial charge on any atom is 0.255 e. The first kappa shape index (κ1) is 13.9. The lowest BCUT2D eigenvalue weighted by Crippen LogP contribution is -2.30. The van der Waals surface area contributed by atoms with E-state index in [0.717, 1.165) is 0 Å². The molecular formula is C12H15FN6O. The van der Waals surface area contributed by atoms with Crippen molar-refractivity contribution in [1.82, 2.24) is 20.3 Å². The number of aromatic nitrogens is 3. The van der Waals surface area contributed by atoms with Crippen LogP contribution in [0.5, 0.6) is 0 Å². The number of hydrogen-bond acceptors (Lipinski definition) is 5. The van der Waals surface area contributed by atoms with E-state index in [1.54, 1.807) is 12.4 Å². The third-order valence-electron chi connectivity index (χ3n) is 2.83. The van der Waals surface area contributed by atoms with E-state index in [1.165, 1.54) is 12.3 Å². The van der Waals surface area contributed by atoms with Crippen LogP contribution in [0.4, 0.5) is 10.2 Å². The third kappa shape index (κ3) is 2.75. The number of nitrogen functional groups attached to an aromatic ring is 1. The van der Waals surface area contributed by atoms with E-state index in [9.17, 15) is 9.18 Å². The fourth-order valence-corrected chi connectivity index (χ4v) is 1.79. The summed E-state index contributed by atoms with van der Waals surface area (Å²) in [7, 11) is 0. The Hall–Kier alpha value is -2.48. The summed E-state index contributed by atoms with van der Waals surface area (Å²) < 4.78 is 13.9. The number of hydrogen-bond donors (Lipinski definition) is 4. The molecular weight excluding hydrogens is 263 g/mol. The summed E-state index contributed by atoms with van der Waals surface area (Å²) in [6, 6.07) is 0.972. The number of nitrogens with zero attached hydrogens (tertiary/aromatic N) is 2. The number of nitrogens with one attached hydrogen (secondary N) is 3. The molecule has 2 aromatic rings. The normalized spacial score (nSPS) is 11.9. The quantitative estimate of drug-likeness (QED) is 0.484. The van der Waals surface area contributed by atoms with E-state index in [4.69, 9.17) is 5.84 Å². The highest BCUT2D eigenvalue weighted by Crippen LogP contribution is 2.17. The maximum absolute atomic E-state index is 13.9. The van der Waals surface area contributed by atoms with Crippen molar-refractivity contribution in [1.29, 1.82) is 0 Å². The Morgan fingerprint density at radius 1 is 1.50 bits per heavy atom. The molecule has 5 N–H and O–H groups in total. The lowest BCUT2D eigenvalue weighted by Gasteiger charge is -2.15. The Bertz CT molecular complexity index is 586. The van der Waals surface area contributed by atoms with E-state index >= 15 is 0 Å². The van der Waals surface area contributed by atoms with Crippen LogP contribution in [0.25, 0.3) is 0 Å². The zero-order chi connectivity index (χ0) is 14.5. The van der Waals surface area contributed by atoms with Crippen molar-refractivity contribution in [2.75, 3.05) is 5.43 Å². The number of carbonyl (C=O) groups excluding carboxylic acids is 1. The van der Waals surface area contributed by atoms with Gasteiger partial charge in [0.25, 0.3) is 5.91 Å². The average molecular weight is 278 g/mol. The molecule has 0 bridgehead atoms. The zero-order valence-corrected chi connectivity index (χ0v) is 10.9. The molecule has 0 spiro atoms. The first-order chi connectivity index (χ1) is 9.67. The molecule has 7 nitrogen and oxygen atoms in total. The minimum atomic E-state index is -0.790. The molecule has 1 unspecified atom stereocenters. The summed E-state index contributed by atoms with van der Waals surface area (Å²) in [6.07, 6.45) is 5.18. The van der Waals surface area contributed by atoms with Gasteiger partial charge in [-0.3, -0.25) is 4.79 Å². The molecule has 2 rings (SSSR count). The largest absolute Gasteiger partial charge is 0.347 e. The van der Waals surface area contributed by atoms with Gasteiger partial charge in [0, 0.05) is 18.6 Å². The SMILES string of the molecule is CCC(NC(=O)c1ccnc(NN)c1F)c1ncc[nH]1. The average Bonchev–Trinajstić information content (AvgIpc) is 2.98. The smallest absolute Gasteiger partial charge is 0.255 e. The zero-order valence-electron chi connectivity index (χ0n) is 10.9. The van der Waals surface area contributed by atoms with Crippen LogP contribution in [0, 0.1) is 5.82 Å². The topological polar surface area (TPSA) is 109 Å². The molecule has 2 aromatic heterocycles. The van der Waals surface area contributed by atoms with E-state index in [0.29, 0.717) is 12.2 Å². The van der Waals surface area contributed by atoms with Crippen molar-refractivity contribution in [3.05, 3.63) is 41.9 Å². The maximum atomic E-state index is 13.9. The van der Waals surface area contributed by atoms with Gasteiger partial charge in [0.05, 0.1) is 11.6 Å². The molecule has 8 heteroatoms. The summed E-state index contributed by atoms with van der Waals surface area (Å²) in [6.45, 7) is 1.89. The minimum Gasteiger partial charge on any atom is -0.347 e. The molecule has 0 aliphatic heterocycles. The second kappa shape index (κ2) is 6.11. The summed E-state index contributed by atoms with van der Waals surface area (Å²) in [4.78, 5) is 22.8. The predicted octanol–water partition coefficient (Wildman–Crippen LogP) is 1.11. The summed E-state index contributed by atoms with van der Waals surface area (Å²) in [5.41, 5.74) is 1.97. The molecule has 0 fully saturated rings. The third-order valence-corrected chi connectivity index (χ3v) is 2.83. The van der Waals surface area contributed by atoms with Crippen molar-refractivity contribution >= 4 is 11.7 Å². The Morgan fingerprint density at radius 2 is 2.30 bits per heavy atom. The van der Waals surface area contributed by atoms with Crippen LogP contribution in [-0.2, 0) is 0 Å². The lowest BCUT2D eigenvalue weighted by molar-refractivity contribution is 0.0929. The number of anilines is 1. The van der Waals surface area contributed by atoms with Crippen molar-refractivity contribution in [2.45, 2.75) is 19.4 Å². The fraction of sp³-hybridized carbons (Fsp3) is 0.250. The van der Waals surface area contributed by atoms with Gasteiger partial charge in [0.2, 0.25) is 0 Å². The van der Waals surface area contributed by atoms with Crippen LogP contribution in [0.2, 0.25) is 0 Å². The van der Waals surface area contributed by atoms with Crippen LogP contribution in [0.1, 0.15) is 35.6 Å². The van der Waals surface area contributed by atoms with Crippen molar-refractivity contribution in [3.8, 4) is 0 Å². The number of imidazole rings is 1. The van der Waals surface area contributed by atoms with E-state index in [-0.39, 0.29) is 17.4 Å².